The third-order valence-electron chi connectivity index (χ3n) is 3.63. The molecule has 0 fully saturated rings. The van der Waals surface area contributed by atoms with Crippen LogP contribution in [0.1, 0.15) is 36.8 Å². The first-order chi connectivity index (χ1) is 10.8. The van der Waals surface area contributed by atoms with Gasteiger partial charge in [-0.25, -0.2) is 4.57 Å². The molecule has 0 atom stereocenters. The highest BCUT2D eigenvalue weighted by molar-refractivity contribution is 9.10. The lowest BCUT2D eigenvalue weighted by Crippen LogP contribution is -2.32. The summed E-state index contributed by atoms with van der Waals surface area (Å²) in [6, 6.07) is 12.6. The van der Waals surface area contributed by atoms with E-state index in [0.29, 0.717) is 0 Å². The lowest BCUT2D eigenvalue weighted by atomic mass is 10.1. The summed E-state index contributed by atoms with van der Waals surface area (Å²) < 4.78 is 3.36. The van der Waals surface area contributed by atoms with Gasteiger partial charge in [-0.3, -0.25) is 0 Å². The van der Waals surface area contributed by atoms with Gasteiger partial charge in [0, 0.05) is 23.0 Å². The van der Waals surface area contributed by atoms with Gasteiger partial charge in [-0.1, -0.05) is 46.6 Å². The number of nitrogens with zero attached hydrogens (tertiary/aromatic N) is 1. The highest BCUT2D eigenvalue weighted by Crippen LogP contribution is 2.12. The van der Waals surface area contributed by atoms with Crippen molar-refractivity contribution in [3.63, 3.8) is 0 Å². The van der Waals surface area contributed by atoms with Gasteiger partial charge in [0.1, 0.15) is 6.54 Å². The van der Waals surface area contributed by atoms with Gasteiger partial charge in [-0.15, -0.1) is 0 Å². The van der Waals surface area contributed by atoms with E-state index in [2.05, 4.69) is 81.4 Å². The average Bonchev–Trinajstić information content (AvgIpc) is 2.55. The van der Waals surface area contributed by atoms with Gasteiger partial charge in [0.05, 0.1) is 0 Å². The van der Waals surface area contributed by atoms with Crippen molar-refractivity contribution in [2.75, 3.05) is 6.54 Å². The van der Waals surface area contributed by atoms with Crippen LogP contribution in [0.5, 0.6) is 0 Å². The van der Waals surface area contributed by atoms with Crippen molar-refractivity contribution in [3.05, 3.63) is 64.4 Å². The van der Waals surface area contributed by atoms with Crippen LogP contribution in [-0.2, 0) is 6.54 Å². The lowest BCUT2D eigenvalue weighted by molar-refractivity contribution is -0.697. The number of aromatic nitrogens is 1. The second-order valence-corrected chi connectivity index (χ2v) is 6.37. The van der Waals surface area contributed by atoms with E-state index in [1.165, 1.54) is 30.4 Å². The van der Waals surface area contributed by atoms with Gasteiger partial charge >= 0.3 is 0 Å². The molecular formula is C19H24BrN2+. The summed E-state index contributed by atoms with van der Waals surface area (Å²) in [5, 5.41) is 0. The quantitative estimate of drug-likeness (QED) is 0.548. The molecule has 2 N–H and O–H groups in total. The summed E-state index contributed by atoms with van der Waals surface area (Å²) in [5.74, 6) is 0. The van der Waals surface area contributed by atoms with E-state index in [0.717, 1.165) is 24.0 Å². The second-order valence-electron chi connectivity index (χ2n) is 5.46. The summed E-state index contributed by atoms with van der Waals surface area (Å²) >= 11 is 3.45. The van der Waals surface area contributed by atoms with E-state index in [9.17, 15) is 0 Å². The maximum absolute atomic E-state index is 5.50. The van der Waals surface area contributed by atoms with Crippen LogP contribution in [0.15, 0.2) is 53.3 Å². The first kappa shape index (κ1) is 16.9. The zero-order valence-corrected chi connectivity index (χ0v) is 14.5. The molecule has 22 heavy (non-hydrogen) atoms. The zero-order chi connectivity index (χ0) is 15.6. The monoisotopic (exact) mass is 359 g/mol. The molecule has 0 spiro atoms. The Morgan fingerprint density at radius 3 is 2.05 bits per heavy atom. The molecule has 2 rings (SSSR count). The first-order valence-electron chi connectivity index (χ1n) is 7.91. The highest BCUT2D eigenvalue weighted by atomic mass is 79.9. The lowest BCUT2D eigenvalue weighted by Gasteiger charge is -1.99. The Bertz CT molecular complexity index is 573. The Balaban J connectivity index is 1.82. The second kappa shape index (κ2) is 9.54. The van der Waals surface area contributed by atoms with E-state index in [-0.39, 0.29) is 0 Å². The molecule has 0 saturated heterocycles. The molecule has 0 aliphatic rings. The summed E-state index contributed by atoms with van der Waals surface area (Å²) in [6.07, 6.45) is 13.5. The highest BCUT2D eigenvalue weighted by Gasteiger charge is 1.99. The summed E-state index contributed by atoms with van der Waals surface area (Å²) in [4.78, 5) is 0. The molecule has 1 aromatic carbocycles. The SMILES string of the molecule is NCCCCCC[n+]1ccc(/C=C/c2ccc(Br)cc2)cc1. The molecule has 0 aliphatic carbocycles. The summed E-state index contributed by atoms with van der Waals surface area (Å²) in [6.45, 7) is 1.90. The van der Waals surface area contributed by atoms with E-state index < -0.39 is 0 Å². The first-order valence-corrected chi connectivity index (χ1v) is 8.70. The maximum Gasteiger partial charge on any atom is 0.169 e. The Kier molecular flexibility index (Phi) is 7.34. The van der Waals surface area contributed by atoms with Crippen molar-refractivity contribution in [1.29, 1.82) is 0 Å². The average molecular weight is 360 g/mol. The van der Waals surface area contributed by atoms with Gasteiger partial charge in [0.25, 0.3) is 0 Å². The molecule has 1 aromatic heterocycles. The van der Waals surface area contributed by atoms with E-state index in [1.807, 2.05) is 0 Å². The normalized spacial score (nSPS) is 11.2. The molecule has 116 valence electrons. The number of unbranched alkanes of at least 4 members (excludes halogenated alkanes) is 3. The van der Waals surface area contributed by atoms with Crippen LogP contribution in [0, 0.1) is 0 Å². The number of hydrogen-bond donors (Lipinski definition) is 1. The van der Waals surface area contributed by atoms with Crippen molar-refractivity contribution < 1.29 is 4.57 Å². The van der Waals surface area contributed by atoms with Crippen LogP contribution in [0.25, 0.3) is 12.2 Å². The fourth-order valence-electron chi connectivity index (χ4n) is 2.29. The molecule has 1 heterocycles. The minimum atomic E-state index is 0.812. The van der Waals surface area contributed by atoms with Crippen molar-refractivity contribution in [3.8, 4) is 0 Å². The molecule has 0 aliphatic heterocycles. The number of nitrogens with two attached hydrogens (primary N) is 1. The van der Waals surface area contributed by atoms with Crippen molar-refractivity contribution in [2.24, 2.45) is 5.73 Å². The number of benzene rings is 1. The van der Waals surface area contributed by atoms with Gasteiger partial charge in [-0.2, -0.15) is 0 Å². The predicted molar refractivity (Wildman–Crippen MR) is 97.2 cm³/mol. The molecule has 2 nitrogen and oxygen atoms in total. The molecule has 0 unspecified atom stereocenters. The Labute approximate surface area is 141 Å². The number of halogens is 1. The van der Waals surface area contributed by atoms with Crippen molar-refractivity contribution in [2.45, 2.75) is 32.2 Å². The van der Waals surface area contributed by atoms with Crippen LogP contribution < -0.4 is 10.3 Å². The van der Waals surface area contributed by atoms with E-state index in [1.54, 1.807) is 0 Å². The largest absolute Gasteiger partial charge is 0.330 e. The molecular weight excluding hydrogens is 336 g/mol. The summed E-state index contributed by atoms with van der Waals surface area (Å²) in [7, 11) is 0. The van der Waals surface area contributed by atoms with Crippen LogP contribution in [0.4, 0.5) is 0 Å². The molecule has 0 saturated carbocycles. The molecule has 2 aromatic rings. The number of rotatable bonds is 8. The van der Waals surface area contributed by atoms with Gasteiger partial charge in [0.2, 0.25) is 0 Å². The Morgan fingerprint density at radius 1 is 0.818 bits per heavy atom. The van der Waals surface area contributed by atoms with Crippen LogP contribution in [0.3, 0.4) is 0 Å². The minimum Gasteiger partial charge on any atom is -0.330 e. The van der Waals surface area contributed by atoms with Crippen LogP contribution >= 0.6 is 15.9 Å². The molecule has 0 amide bonds. The van der Waals surface area contributed by atoms with Crippen molar-refractivity contribution >= 4 is 28.1 Å². The minimum absolute atomic E-state index is 0.812. The smallest absolute Gasteiger partial charge is 0.169 e. The Hall–Kier alpha value is -1.45. The standard InChI is InChI=1S/C19H24BrN2/c20-19-9-7-17(8-10-19)5-6-18-11-15-22(16-12-18)14-4-2-1-3-13-21/h5-12,15-16H,1-4,13-14,21H2/q+1/b6-5+. The Morgan fingerprint density at radius 2 is 1.41 bits per heavy atom. The number of aryl methyl sites for hydroxylation is 1. The third-order valence-corrected chi connectivity index (χ3v) is 4.15. The van der Waals surface area contributed by atoms with Crippen molar-refractivity contribution in [1.82, 2.24) is 0 Å². The van der Waals surface area contributed by atoms with Gasteiger partial charge < -0.3 is 5.73 Å². The third kappa shape index (κ3) is 6.12. The maximum atomic E-state index is 5.50. The fraction of sp³-hybridized carbons (Fsp3) is 0.316. The summed E-state index contributed by atoms with van der Waals surface area (Å²) in [5.41, 5.74) is 7.93. The molecule has 3 heteroatoms. The van der Waals surface area contributed by atoms with E-state index in [4.69, 9.17) is 5.73 Å². The molecule has 0 radical (unpaired) electrons. The number of hydrogen-bond acceptors (Lipinski definition) is 1. The van der Waals surface area contributed by atoms with Crippen LogP contribution in [-0.4, -0.2) is 6.54 Å². The van der Waals surface area contributed by atoms with Gasteiger partial charge in [0.15, 0.2) is 12.4 Å². The fourth-order valence-corrected chi connectivity index (χ4v) is 2.55. The number of pyridine rings is 1. The topological polar surface area (TPSA) is 29.9 Å². The molecule has 0 bridgehead atoms. The van der Waals surface area contributed by atoms with Crippen LogP contribution in [0.2, 0.25) is 0 Å². The van der Waals surface area contributed by atoms with E-state index >= 15 is 0 Å². The predicted octanol–water partition coefficient (Wildman–Crippen LogP) is 4.43. The van der Waals surface area contributed by atoms with Gasteiger partial charge in [-0.05, 0) is 42.6 Å². The zero-order valence-electron chi connectivity index (χ0n) is 12.9.